The Hall–Kier alpha value is -1.05. The van der Waals surface area contributed by atoms with E-state index in [0.717, 1.165) is 29.3 Å². The van der Waals surface area contributed by atoms with Crippen LogP contribution in [0.4, 0.5) is 0 Å². The summed E-state index contributed by atoms with van der Waals surface area (Å²) in [7, 11) is -0.778. The van der Waals surface area contributed by atoms with Gasteiger partial charge in [-0.2, -0.15) is 0 Å². The molecular weight excluding hydrogens is 310 g/mol. The average Bonchev–Trinajstić information content (AvgIpc) is 2.43. The molecule has 0 aromatic heterocycles. The summed E-state index contributed by atoms with van der Waals surface area (Å²) in [6.45, 7) is 2.11. The van der Waals surface area contributed by atoms with Gasteiger partial charge in [0.25, 0.3) is 0 Å². The minimum atomic E-state index is -3.62. The number of hydrogen-bond donors (Lipinski definition) is 1. The van der Waals surface area contributed by atoms with Crippen LogP contribution in [0.1, 0.15) is 36.5 Å². The number of thioether (sulfide) groups is 1. The van der Waals surface area contributed by atoms with Gasteiger partial charge in [0.05, 0.1) is 10.5 Å². The first-order chi connectivity index (χ1) is 9.80. The van der Waals surface area contributed by atoms with Gasteiger partial charge in [-0.15, -0.1) is 11.8 Å². The summed E-state index contributed by atoms with van der Waals surface area (Å²) in [6, 6.07) is 4.28. The van der Waals surface area contributed by atoms with Crippen LogP contribution >= 0.6 is 11.8 Å². The molecule has 1 rings (SSSR count). The van der Waals surface area contributed by atoms with Crippen LogP contribution in [0, 0.1) is 0 Å². The van der Waals surface area contributed by atoms with Crippen molar-refractivity contribution in [3.63, 3.8) is 0 Å². The lowest BCUT2D eigenvalue weighted by atomic mass is 10.2. The molecule has 0 atom stereocenters. The van der Waals surface area contributed by atoms with Gasteiger partial charge in [-0.3, -0.25) is 0 Å². The van der Waals surface area contributed by atoms with Crippen LogP contribution in [-0.4, -0.2) is 43.6 Å². The quantitative estimate of drug-likeness (QED) is 0.585. The molecule has 0 saturated carbocycles. The number of carbonyl (C=O) groups is 1. The molecule has 21 heavy (non-hydrogen) atoms. The molecule has 0 amide bonds. The van der Waals surface area contributed by atoms with Gasteiger partial charge in [0, 0.05) is 19.0 Å². The maximum atomic E-state index is 12.0. The van der Waals surface area contributed by atoms with E-state index in [-0.39, 0.29) is 10.5 Å². The molecule has 0 aliphatic carbocycles. The number of benzene rings is 1. The molecule has 0 radical (unpaired) electrons. The largest absolute Gasteiger partial charge is 0.478 e. The van der Waals surface area contributed by atoms with Gasteiger partial charge < -0.3 is 5.11 Å². The van der Waals surface area contributed by atoms with E-state index in [1.807, 2.05) is 0 Å². The van der Waals surface area contributed by atoms with Gasteiger partial charge in [-0.25, -0.2) is 17.5 Å². The number of sulfonamides is 1. The highest BCUT2D eigenvalue weighted by Crippen LogP contribution is 2.27. The number of rotatable bonds is 8. The van der Waals surface area contributed by atoms with E-state index in [0.29, 0.717) is 4.90 Å². The molecule has 1 N–H and O–H groups in total. The Morgan fingerprint density at radius 2 is 1.95 bits per heavy atom. The van der Waals surface area contributed by atoms with E-state index in [1.165, 1.54) is 38.0 Å². The summed E-state index contributed by atoms with van der Waals surface area (Å²) < 4.78 is 25.2. The Kier molecular flexibility index (Phi) is 6.70. The van der Waals surface area contributed by atoms with Crippen LogP contribution in [0.25, 0.3) is 0 Å². The van der Waals surface area contributed by atoms with E-state index in [4.69, 9.17) is 0 Å². The van der Waals surface area contributed by atoms with Crippen LogP contribution in [0.2, 0.25) is 0 Å². The van der Waals surface area contributed by atoms with Crippen LogP contribution < -0.4 is 0 Å². The van der Waals surface area contributed by atoms with Crippen molar-refractivity contribution in [3.8, 4) is 0 Å². The summed E-state index contributed by atoms with van der Waals surface area (Å²) >= 11 is 1.45. The SMILES string of the molecule is CCCCCSc1ccc(S(=O)(=O)N(C)C)cc1C(=O)O. The van der Waals surface area contributed by atoms with Crippen LogP contribution in [0.5, 0.6) is 0 Å². The standard InChI is InChI=1S/C14H21NO4S2/c1-4-5-6-9-20-13-8-7-11(10-12(13)14(16)17)21(18,19)15(2)3/h7-8,10H,4-6,9H2,1-3H3,(H,16,17). The maximum Gasteiger partial charge on any atom is 0.336 e. The summed E-state index contributed by atoms with van der Waals surface area (Å²) in [5.41, 5.74) is 0.0411. The fourth-order valence-electron chi connectivity index (χ4n) is 1.71. The number of unbranched alkanes of at least 4 members (excludes halogenated alkanes) is 2. The predicted octanol–water partition coefficient (Wildman–Crippen LogP) is 2.92. The van der Waals surface area contributed by atoms with Gasteiger partial charge in [-0.05, 0) is 30.4 Å². The normalized spacial score (nSPS) is 11.8. The minimum Gasteiger partial charge on any atom is -0.478 e. The van der Waals surface area contributed by atoms with Crippen molar-refractivity contribution in [3.05, 3.63) is 23.8 Å². The summed E-state index contributed by atoms with van der Waals surface area (Å²) in [6.07, 6.45) is 3.22. The molecule has 0 unspecified atom stereocenters. The molecule has 1 aromatic carbocycles. The summed E-state index contributed by atoms with van der Waals surface area (Å²) in [4.78, 5) is 11.9. The Balaban J connectivity index is 3.06. The minimum absolute atomic E-state index is 0.00260. The van der Waals surface area contributed by atoms with Gasteiger partial charge >= 0.3 is 5.97 Å². The molecule has 1 aromatic rings. The Labute approximate surface area is 130 Å². The topological polar surface area (TPSA) is 74.7 Å². The van der Waals surface area contributed by atoms with Crippen molar-refractivity contribution in [1.29, 1.82) is 0 Å². The van der Waals surface area contributed by atoms with Crippen LogP contribution in [-0.2, 0) is 10.0 Å². The number of hydrogen-bond acceptors (Lipinski definition) is 4. The zero-order valence-corrected chi connectivity index (χ0v) is 14.1. The lowest BCUT2D eigenvalue weighted by Gasteiger charge is -2.13. The van der Waals surface area contributed by atoms with E-state index in [1.54, 1.807) is 6.07 Å². The highest BCUT2D eigenvalue weighted by molar-refractivity contribution is 7.99. The van der Waals surface area contributed by atoms with E-state index in [9.17, 15) is 18.3 Å². The highest BCUT2D eigenvalue weighted by atomic mass is 32.2. The van der Waals surface area contributed by atoms with Gasteiger partial charge in [0.1, 0.15) is 0 Å². The number of carboxylic acid groups (broad SMARTS) is 1. The molecular formula is C14H21NO4S2. The molecule has 5 nitrogen and oxygen atoms in total. The third-order valence-electron chi connectivity index (χ3n) is 2.97. The van der Waals surface area contributed by atoms with Gasteiger partial charge in [0.2, 0.25) is 10.0 Å². The molecule has 0 heterocycles. The lowest BCUT2D eigenvalue weighted by Crippen LogP contribution is -2.22. The molecule has 118 valence electrons. The second-order valence-corrected chi connectivity index (χ2v) is 8.09. The fourth-order valence-corrected chi connectivity index (χ4v) is 3.67. The number of aromatic carboxylic acids is 1. The molecule has 0 aliphatic heterocycles. The van der Waals surface area contributed by atoms with Gasteiger partial charge in [0.15, 0.2) is 0 Å². The molecule has 0 bridgehead atoms. The van der Waals surface area contributed by atoms with Crippen LogP contribution in [0.15, 0.2) is 28.0 Å². The lowest BCUT2D eigenvalue weighted by molar-refractivity contribution is 0.0693. The predicted molar refractivity (Wildman–Crippen MR) is 84.5 cm³/mol. The third-order valence-corrected chi connectivity index (χ3v) is 5.94. The smallest absolute Gasteiger partial charge is 0.336 e. The first-order valence-corrected chi connectivity index (χ1v) is 9.16. The maximum absolute atomic E-state index is 12.0. The average molecular weight is 331 g/mol. The highest BCUT2D eigenvalue weighted by Gasteiger charge is 2.21. The van der Waals surface area contributed by atoms with Crippen molar-refractivity contribution in [2.24, 2.45) is 0 Å². The Morgan fingerprint density at radius 3 is 2.48 bits per heavy atom. The van der Waals surface area contributed by atoms with E-state index in [2.05, 4.69) is 6.92 Å². The second-order valence-electron chi connectivity index (χ2n) is 4.81. The van der Waals surface area contributed by atoms with E-state index >= 15 is 0 Å². The number of carboxylic acids is 1. The first-order valence-electron chi connectivity index (χ1n) is 6.73. The van der Waals surface area contributed by atoms with Crippen molar-refractivity contribution >= 4 is 27.8 Å². The Morgan fingerprint density at radius 1 is 1.29 bits per heavy atom. The zero-order chi connectivity index (χ0) is 16.0. The molecule has 0 aliphatic rings. The first kappa shape index (κ1) is 18.0. The molecule has 0 fully saturated rings. The third kappa shape index (κ3) is 4.72. The van der Waals surface area contributed by atoms with Crippen molar-refractivity contribution in [2.45, 2.75) is 36.0 Å². The zero-order valence-electron chi connectivity index (χ0n) is 12.5. The number of nitrogens with zero attached hydrogens (tertiary/aromatic N) is 1. The van der Waals surface area contributed by atoms with Crippen molar-refractivity contribution < 1.29 is 18.3 Å². The van der Waals surface area contributed by atoms with Gasteiger partial charge in [-0.1, -0.05) is 19.8 Å². The summed E-state index contributed by atoms with van der Waals surface area (Å²) in [5, 5.41) is 9.28. The van der Waals surface area contributed by atoms with Crippen LogP contribution in [0.3, 0.4) is 0 Å². The summed E-state index contributed by atoms with van der Waals surface area (Å²) in [5.74, 6) is -0.280. The fraction of sp³-hybridized carbons (Fsp3) is 0.500. The Bertz CT molecular complexity index is 597. The van der Waals surface area contributed by atoms with E-state index < -0.39 is 16.0 Å². The van der Waals surface area contributed by atoms with Crippen molar-refractivity contribution in [2.75, 3.05) is 19.8 Å². The van der Waals surface area contributed by atoms with Crippen molar-refractivity contribution in [1.82, 2.24) is 4.31 Å². The second kappa shape index (κ2) is 7.82. The monoisotopic (exact) mass is 331 g/mol. The molecule has 7 heteroatoms. The molecule has 0 spiro atoms. The molecule has 0 saturated heterocycles.